The third-order valence-corrected chi connectivity index (χ3v) is 3.94. The second-order valence-corrected chi connectivity index (χ2v) is 5.05. The van der Waals surface area contributed by atoms with Crippen LogP contribution < -0.4 is 5.09 Å². The van der Waals surface area contributed by atoms with Crippen molar-refractivity contribution in [2.45, 2.75) is 25.3 Å². The lowest BCUT2D eigenvalue weighted by atomic mass is 9.88. The Bertz CT molecular complexity index is 396. The second-order valence-electron chi connectivity index (χ2n) is 4.07. The Hall–Kier alpha value is -0.690. The van der Waals surface area contributed by atoms with Crippen LogP contribution in [0, 0.1) is 0 Å². The fourth-order valence-electron chi connectivity index (χ4n) is 2.13. The van der Waals surface area contributed by atoms with Crippen LogP contribution in [0.3, 0.4) is 0 Å². The number of rotatable bonds is 2. The quantitative estimate of drug-likeness (QED) is 0.611. The Labute approximate surface area is 91.5 Å². The summed E-state index contributed by atoms with van der Waals surface area (Å²) in [5.74, 6) is 0. The van der Waals surface area contributed by atoms with Crippen molar-refractivity contribution in [3.05, 3.63) is 35.4 Å². The topological polar surface area (TPSA) is 24.6 Å². The van der Waals surface area contributed by atoms with Gasteiger partial charge in [0.15, 0.2) is 0 Å². The second kappa shape index (κ2) is 4.05. The maximum atomic E-state index is 5.13. The molecule has 0 aromatic heterocycles. The molecule has 0 saturated carbocycles. The van der Waals surface area contributed by atoms with Gasteiger partial charge in [-0.05, 0) is 30.4 Å². The molecular formula is C12H14NOP. The van der Waals surface area contributed by atoms with E-state index in [9.17, 15) is 0 Å². The number of nitrogens with one attached hydrogen (secondary N) is 1. The minimum atomic E-state index is 0.522. The lowest BCUT2D eigenvalue weighted by Gasteiger charge is -2.24. The van der Waals surface area contributed by atoms with Gasteiger partial charge in [-0.15, -0.1) is 0 Å². The highest BCUT2D eigenvalue weighted by atomic mass is 31.1. The summed E-state index contributed by atoms with van der Waals surface area (Å²) in [7, 11) is 1.17. The van der Waals surface area contributed by atoms with E-state index in [0.717, 1.165) is 6.61 Å². The lowest BCUT2D eigenvalue weighted by molar-refractivity contribution is 0.540. The number of fused-ring (bicyclic) bond motifs is 1. The molecule has 0 bridgehead atoms. The molecule has 0 unspecified atom stereocenters. The highest BCUT2D eigenvalue weighted by Gasteiger charge is 2.20. The summed E-state index contributed by atoms with van der Waals surface area (Å²) >= 11 is 0. The fourth-order valence-corrected chi connectivity index (χ4v) is 2.90. The third kappa shape index (κ3) is 2.12. The van der Waals surface area contributed by atoms with Gasteiger partial charge in [0, 0.05) is 14.4 Å². The summed E-state index contributed by atoms with van der Waals surface area (Å²) in [5.41, 5.74) is 4.17. The molecule has 1 aliphatic carbocycles. The summed E-state index contributed by atoms with van der Waals surface area (Å²) in [6.07, 6.45) is 3.77. The molecule has 1 N–H and O–H groups in total. The van der Waals surface area contributed by atoms with E-state index in [1.807, 2.05) is 0 Å². The lowest BCUT2D eigenvalue weighted by Crippen LogP contribution is -2.18. The molecule has 3 rings (SSSR count). The van der Waals surface area contributed by atoms with E-state index < -0.39 is 0 Å². The highest BCUT2D eigenvalue weighted by molar-refractivity contribution is 7.38. The first-order valence-corrected chi connectivity index (χ1v) is 6.35. The maximum absolute atomic E-state index is 5.13. The number of hydrogen-bond acceptors (Lipinski definition) is 2. The SMILES string of the molecule is c1ccc2c(c1)CCC[C@H]2NP=C1CO1. The molecule has 1 aromatic rings. The van der Waals surface area contributed by atoms with E-state index in [1.165, 1.54) is 44.2 Å². The summed E-state index contributed by atoms with van der Waals surface area (Å²) in [6, 6.07) is 9.29. The van der Waals surface area contributed by atoms with Crippen molar-refractivity contribution in [1.29, 1.82) is 0 Å². The normalized spacial score (nSPS) is 26.4. The van der Waals surface area contributed by atoms with Gasteiger partial charge in [0.2, 0.25) is 0 Å². The fraction of sp³-hybridized carbons (Fsp3) is 0.417. The molecule has 3 heteroatoms. The van der Waals surface area contributed by atoms with Crippen molar-refractivity contribution in [2.24, 2.45) is 0 Å². The Balaban J connectivity index is 1.82. The Kier molecular flexibility index (Phi) is 2.57. The van der Waals surface area contributed by atoms with Gasteiger partial charge in [-0.2, -0.15) is 0 Å². The zero-order valence-electron chi connectivity index (χ0n) is 8.57. The first-order valence-electron chi connectivity index (χ1n) is 5.46. The molecule has 0 amide bonds. The van der Waals surface area contributed by atoms with E-state index in [2.05, 4.69) is 29.4 Å². The van der Waals surface area contributed by atoms with Crippen LogP contribution >= 0.6 is 8.35 Å². The van der Waals surface area contributed by atoms with E-state index in [4.69, 9.17) is 4.74 Å². The molecule has 1 saturated heterocycles. The molecule has 1 heterocycles. The smallest absolute Gasteiger partial charge is 0.117 e. The third-order valence-electron chi connectivity index (χ3n) is 2.99. The maximum Gasteiger partial charge on any atom is 0.117 e. The van der Waals surface area contributed by atoms with Crippen LogP contribution in [-0.4, -0.2) is 12.1 Å². The van der Waals surface area contributed by atoms with Crippen LogP contribution in [0.2, 0.25) is 0 Å². The molecule has 2 nitrogen and oxygen atoms in total. The van der Waals surface area contributed by atoms with Crippen molar-refractivity contribution in [1.82, 2.24) is 5.09 Å². The van der Waals surface area contributed by atoms with Crippen molar-refractivity contribution < 1.29 is 4.74 Å². The summed E-state index contributed by atoms with van der Waals surface area (Å²) in [6.45, 7) is 0.850. The van der Waals surface area contributed by atoms with Crippen LogP contribution in [-0.2, 0) is 11.2 Å². The zero-order valence-corrected chi connectivity index (χ0v) is 9.47. The van der Waals surface area contributed by atoms with Gasteiger partial charge < -0.3 is 4.74 Å². The number of aryl methyl sites for hydroxylation is 1. The largest absolute Gasteiger partial charge is 0.335 e. The summed E-state index contributed by atoms with van der Waals surface area (Å²) in [5, 5.41) is 3.55. The molecule has 0 radical (unpaired) electrons. The van der Waals surface area contributed by atoms with Crippen LogP contribution in [0.15, 0.2) is 24.3 Å². The Morgan fingerprint density at radius 1 is 1.33 bits per heavy atom. The van der Waals surface area contributed by atoms with Gasteiger partial charge in [-0.25, -0.2) is 0 Å². The predicted octanol–water partition coefficient (Wildman–Crippen LogP) is 2.67. The molecule has 0 spiro atoms. The standard InChI is InChI=1S/C12H14NOP/c1-2-6-10-9(4-1)5-3-7-11(10)13-15-12-8-14-12/h1-2,4,6,11,13H,3,5,7-8H2/t11-/m1/s1. The minimum Gasteiger partial charge on any atom is -0.335 e. The summed E-state index contributed by atoms with van der Waals surface area (Å²) < 4.78 is 5.13. The first-order chi connectivity index (χ1) is 7.43. The molecule has 1 fully saturated rings. The molecule has 1 aliphatic heterocycles. The van der Waals surface area contributed by atoms with Crippen LogP contribution in [0.4, 0.5) is 0 Å². The predicted molar refractivity (Wildman–Crippen MR) is 63.1 cm³/mol. The molecule has 1 atom stereocenters. The van der Waals surface area contributed by atoms with E-state index >= 15 is 0 Å². The van der Waals surface area contributed by atoms with Gasteiger partial charge in [0.25, 0.3) is 0 Å². The molecular weight excluding hydrogens is 205 g/mol. The Morgan fingerprint density at radius 3 is 3.07 bits per heavy atom. The van der Waals surface area contributed by atoms with Crippen LogP contribution in [0.25, 0.3) is 0 Å². The van der Waals surface area contributed by atoms with Crippen molar-refractivity contribution in [3.8, 4) is 0 Å². The van der Waals surface area contributed by atoms with Crippen LogP contribution in [0.5, 0.6) is 0 Å². The van der Waals surface area contributed by atoms with Gasteiger partial charge in [0.05, 0.1) is 0 Å². The average Bonchev–Trinajstić information content (AvgIpc) is 3.10. The van der Waals surface area contributed by atoms with E-state index in [-0.39, 0.29) is 0 Å². The molecule has 78 valence electrons. The van der Waals surface area contributed by atoms with E-state index in [0.29, 0.717) is 6.04 Å². The van der Waals surface area contributed by atoms with Gasteiger partial charge in [-0.1, -0.05) is 24.3 Å². The first kappa shape index (κ1) is 9.53. The zero-order chi connectivity index (χ0) is 10.1. The molecule has 1 aromatic carbocycles. The Morgan fingerprint density at radius 2 is 2.20 bits per heavy atom. The van der Waals surface area contributed by atoms with Gasteiger partial charge in [0.1, 0.15) is 12.1 Å². The van der Waals surface area contributed by atoms with Gasteiger partial charge in [-0.3, -0.25) is 5.09 Å². The minimum absolute atomic E-state index is 0.522. The number of hydrogen-bond donors (Lipinski definition) is 1. The van der Waals surface area contributed by atoms with Crippen molar-refractivity contribution in [3.63, 3.8) is 0 Å². The molecule has 2 aliphatic rings. The number of epoxide rings is 1. The van der Waals surface area contributed by atoms with E-state index in [1.54, 1.807) is 0 Å². The van der Waals surface area contributed by atoms with Crippen molar-refractivity contribution in [2.75, 3.05) is 6.61 Å². The monoisotopic (exact) mass is 219 g/mol. The molecule has 15 heavy (non-hydrogen) atoms. The number of ether oxygens (including phenoxy) is 1. The average molecular weight is 219 g/mol. The highest BCUT2D eigenvalue weighted by Crippen LogP contribution is 2.31. The number of benzene rings is 1. The van der Waals surface area contributed by atoms with Crippen LogP contribution in [0.1, 0.15) is 30.0 Å². The summed E-state index contributed by atoms with van der Waals surface area (Å²) in [4.78, 5) is 0. The van der Waals surface area contributed by atoms with Crippen molar-refractivity contribution >= 4 is 13.8 Å². The van der Waals surface area contributed by atoms with Gasteiger partial charge >= 0.3 is 0 Å².